The third-order valence-corrected chi connectivity index (χ3v) is 2.47. The topological polar surface area (TPSA) is 30.0 Å². The Kier molecular flexibility index (Phi) is 3.68. The zero-order valence-corrected chi connectivity index (χ0v) is 9.76. The fourth-order valence-electron chi connectivity index (χ4n) is 1.34. The van der Waals surface area contributed by atoms with Crippen LogP contribution < -0.4 is 0 Å². The van der Waals surface area contributed by atoms with Gasteiger partial charge >= 0.3 is 0 Å². The van der Waals surface area contributed by atoms with Crippen molar-refractivity contribution < 1.29 is 4.79 Å². The molecule has 0 atom stereocenters. The van der Waals surface area contributed by atoms with Crippen molar-refractivity contribution in [3.8, 4) is 0 Å². The van der Waals surface area contributed by atoms with Gasteiger partial charge in [-0.15, -0.1) is 0 Å². The van der Waals surface area contributed by atoms with Gasteiger partial charge in [0.1, 0.15) is 5.69 Å². The van der Waals surface area contributed by atoms with Crippen LogP contribution in [0.15, 0.2) is 54.7 Å². The lowest BCUT2D eigenvalue weighted by atomic mass is 10.1. The first-order valence-electron chi connectivity index (χ1n) is 5.15. The van der Waals surface area contributed by atoms with Crippen LogP contribution in [0.5, 0.6) is 0 Å². The quantitative estimate of drug-likeness (QED) is 0.609. The van der Waals surface area contributed by atoms with Crippen molar-refractivity contribution in [3.63, 3.8) is 0 Å². The monoisotopic (exact) mass is 243 g/mol. The number of rotatable bonds is 3. The maximum absolute atomic E-state index is 11.7. The van der Waals surface area contributed by atoms with Crippen LogP contribution in [-0.2, 0) is 0 Å². The predicted molar refractivity (Wildman–Crippen MR) is 69.1 cm³/mol. The lowest BCUT2D eigenvalue weighted by Crippen LogP contribution is -1.96. The molecule has 0 spiro atoms. The van der Waals surface area contributed by atoms with E-state index in [1.54, 1.807) is 42.6 Å². The molecule has 0 bridgehead atoms. The molecule has 0 unspecified atom stereocenters. The molecule has 2 rings (SSSR count). The molecule has 1 heterocycles. The Morgan fingerprint density at radius 2 is 1.88 bits per heavy atom. The number of carbonyl (C=O) groups excluding carboxylic acids is 1. The Hall–Kier alpha value is -1.93. The molecule has 0 saturated heterocycles. The van der Waals surface area contributed by atoms with Gasteiger partial charge in [0.15, 0.2) is 0 Å². The number of pyridine rings is 1. The first-order valence-corrected chi connectivity index (χ1v) is 5.52. The highest BCUT2D eigenvalue weighted by Gasteiger charge is 2.00. The molecule has 3 heteroatoms. The first kappa shape index (κ1) is 11.6. The second-order valence-corrected chi connectivity index (χ2v) is 3.90. The number of allylic oxidation sites excluding steroid dienone is 1. The van der Waals surface area contributed by atoms with Crippen LogP contribution in [-0.4, -0.2) is 10.8 Å². The molecule has 2 aromatic rings. The summed E-state index contributed by atoms with van der Waals surface area (Å²) in [7, 11) is 0. The van der Waals surface area contributed by atoms with Gasteiger partial charge in [-0.25, -0.2) is 0 Å². The van der Waals surface area contributed by atoms with Gasteiger partial charge < -0.3 is 0 Å². The van der Waals surface area contributed by atoms with E-state index in [0.29, 0.717) is 10.7 Å². The number of aromatic nitrogens is 1. The summed E-state index contributed by atoms with van der Waals surface area (Å²) in [6, 6.07) is 12.5. The van der Waals surface area contributed by atoms with Crippen molar-refractivity contribution in [1.29, 1.82) is 0 Å². The second-order valence-electron chi connectivity index (χ2n) is 3.46. The summed E-state index contributed by atoms with van der Waals surface area (Å²) in [4.78, 5) is 15.7. The van der Waals surface area contributed by atoms with E-state index >= 15 is 0 Å². The Morgan fingerprint density at radius 1 is 1.12 bits per heavy atom. The summed E-state index contributed by atoms with van der Waals surface area (Å²) in [5, 5.41) is 0.679. The standard InChI is InChI=1S/C14H10ClNO/c15-12-7-4-11(5-8-12)6-9-14(17)13-3-1-2-10-16-13/h1-10H. The molecule has 0 saturated carbocycles. The molecule has 1 aromatic carbocycles. The summed E-state index contributed by atoms with van der Waals surface area (Å²) in [6.45, 7) is 0. The van der Waals surface area contributed by atoms with E-state index in [4.69, 9.17) is 11.6 Å². The van der Waals surface area contributed by atoms with Crippen molar-refractivity contribution in [3.05, 3.63) is 71.0 Å². The summed E-state index contributed by atoms with van der Waals surface area (Å²) in [5.41, 5.74) is 1.37. The highest BCUT2D eigenvalue weighted by molar-refractivity contribution is 6.30. The average Bonchev–Trinajstić information content (AvgIpc) is 2.39. The smallest absolute Gasteiger partial charge is 0.204 e. The van der Waals surface area contributed by atoms with Crippen LogP contribution in [0.3, 0.4) is 0 Å². The van der Waals surface area contributed by atoms with Gasteiger partial charge in [0.05, 0.1) is 0 Å². The number of benzene rings is 1. The molecule has 0 N–H and O–H groups in total. The van der Waals surface area contributed by atoms with E-state index < -0.39 is 0 Å². The fourth-order valence-corrected chi connectivity index (χ4v) is 1.47. The van der Waals surface area contributed by atoms with Crippen molar-refractivity contribution in [2.45, 2.75) is 0 Å². The van der Waals surface area contributed by atoms with Gasteiger partial charge in [-0.1, -0.05) is 35.9 Å². The van der Waals surface area contributed by atoms with Gasteiger partial charge in [0.2, 0.25) is 5.78 Å². The second kappa shape index (κ2) is 5.41. The minimum Gasteiger partial charge on any atom is -0.288 e. The van der Waals surface area contributed by atoms with Gasteiger partial charge in [-0.3, -0.25) is 9.78 Å². The van der Waals surface area contributed by atoms with E-state index in [0.717, 1.165) is 5.56 Å². The number of carbonyl (C=O) groups is 1. The summed E-state index contributed by atoms with van der Waals surface area (Å²) in [6.07, 6.45) is 4.85. The molecule has 0 aliphatic carbocycles. The molecule has 2 nitrogen and oxygen atoms in total. The number of halogens is 1. The molecule has 0 aliphatic heterocycles. The van der Waals surface area contributed by atoms with Crippen LogP contribution in [0.2, 0.25) is 5.02 Å². The van der Waals surface area contributed by atoms with Gasteiger partial charge in [0.25, 0.3) is 0 Å². The lowest BCUT2D eigenvalue weighted by Gasteiger charge is -1.94. The van der Waals surface area contributed by atoms with Crippen LogP contribution in [0.4, 0.5) is 0 Å². The lowest BCUT2D eigenvalue weighted by molar-refractivity contribution is 0.104. The molecule has 1 aromatic heterocycles. The summed E-state index contributed by atoms with van der Waals surface area (Å²) >= 11 is 5.77. The van der Waals surface area contributed by atoms with Gasteiger partial charge in [-0.05, 0) is 35.9 Å². The third-order valence-electron chi connectivity index (χ3n) is 2.21. The van der Waals surface area contributed by atoms with E-state index in [-0.39, 0.29) is 5.78 Å². The van der Waals surface area contributed by atoms with E-state index in [1.807, 2.05) is 12.1 Å². The van der Waals surface area contributed by atoms with Crippen molar-refractivity contribution in [2.75, 3.05) is 0 Å². The van der Waals surface area contributed by atoms with Crippen molar-refractivity contribution in [2.24, 2.45) is 0 Å². The highest BCUT2D eigenvalue weighted by Crippen LogP contribution is 2.11. The Labute approximate surface area is 105 Å². The van der Waals surface area contributed by atoms with E-state index in [9.17, 15) is 4.79 Å². The number of hydrogen-bond donors (Lipinski definition) is 0. The number of hydrogen-bond acceptors (Lipinski definition) is 2. The van der Waals surface area contributed by atoms with Crippen LogP contribution >= 0.6 is 11.6 Å². The molecule has 0 fully saturated rings. The first-order chi connectivity index (χ1) is 8.25. The third kappa shape index (κ3) is 3.26. The maximum Gasteiger partial charge on any atom is 0.204 e. The summed E-state index contributed by atoms with van der Waals surface area (Å²) in [5.74, 6) is -0.111. The van der Waals surface area contributed by atoms with Crippen LogP contribution in [0, 0.1) is 0 Å². The van der Waals surface area contributed by atoms with Gasteiger partial charge in [-0.2, -0.15) is 0 Å². The van der Waals surface area contributed by atoms with E-state index in [2.05, 4.69) is 4.98 Å². The molecular formula is C14H10ClNO. The Morgan fingerprint density at radius 3 is 2.53 bits per heavy atom. The molecular weight excluding hydrogens is 234 g/mol. The SMILES string of the molecule is O=C(C=Cc1ccc(Cl)cc1)c1ccccn1. The summed E-state index contributed by atoms with van der Waals surface area (Å²) < 4.78 is 0. The fraction of sp³-hybridized carbons (Fsp3) is 0. The Balaban J connectivity index is 2.11. The minimum absolute atomic E-state index is 0.111. The average molecular weight is 244 g/mol. The van der Waals surface area contributed by atoms with E-state index in [1.165, 1.54) is 6.08 Å². The molecule has 0 amide bonds. The zero-order chi connectivity index (χ0) is 12.1. The normalized spacial score (nSPS) is 10.6. The number of ketones is 1. The zero-order valence-electron chi connectivity index (χ0n) is 9.01. The Bertz CT molecular complexity index is 532. The number of nitrogens with zero attached hydrogens (tertiary/aromatic N) is 1. The maximum atomic E-state index is 11.7. The van der Waals surface area contributed by atoms with Gasteiger partial charge in [0, 0.05) is 11.2 Å². The molecule has 0 radical (unpaired) electrons. The molecule has 0 aliphatic rings. The largest absolute Gasteiger partial charge is 0.288 e. The highest BCUT2D eigenvalue weighted by atomic mass is 35.5. The molecule has 17 heavy (non-hydrogen) atoms. The molecule has 84 valence electrons. The van der Waals surface area contributed by atoms with Crippen LogP contribution in [0.25, 0.3) is 6.08 Å². The van der Waals surface area contributed by atoms with Crippen molar-refractivity contribution in [1.82, 2.24) is 4.98 Å². The predicted octanol–water partition coefficient (Wildman–Crippen LogP) is 3.63. The van der Waals surface area contributed by atoms with Crippen LogP contribution in [0.1, 0.15) is 16.1 Å². The minimum atomic E-state index is -0.111. The van der Waals surface area contributed by atoms with Crippen molar-refractivity contribution >= 4 is 23.5 Å².